The van der Waals surface area contributed by atoms with Gasteiger partial charge in [-0.15, -0.1) is 12.3 Å². The predicted molar refractivity (Wildman–Crippen MR) is 82.4 cm³/mol. The Morgan fingerprint density at radius 3 is 2.95 bits per heavy atom. The zero-order valence-electron chi connectivity index (χ0n) is 11.7. The van der Waals surface area contributed by atoms with E-state index < -0.39 is 0 Å². The molecule has 0 fully saturated rings. The van der Waals surface area contributed by atoms with Gasteiger partial charge in [0.15, 0.2) is 5.66 Å². The van der Waals surface area contributed by atoms with Crippen molar-refractivity contribution in [3.8, 4) is 12.3 Å². The first-order valence-corrected chi connectivity index (χ1v) is 7.48. The van der Waals surface area contributed by atoms with Crippen LogP contribution in [0.2, 0.25) is 5.02 Å². The Morgan fingerprint density at radius 1 is 1.43 bits per heavy atom. The van der Waals surface area contributed by atoms with Gasteiger partial charge >= 0.3 is 0 Å². The van der Waals surface area contributed by atoms with Crippen LogP contribution in [0.3, 0.4) is 0 Å². The Balaban J connectivity index is 1.61. The summed E-state index contributed by atoms with van der Waals surface area (Å²) in [4.78, 5) is 14.2. The molecule has 0 spiro atoms. The van der Waals surface area contributed by atoms with Gasteiger partial charge in [-0.2, -0.15) is 10.2 Å². The van der Waals surface area contributed by atoms with E-state index in [2.05, 4.69) is 16.1 Å². The summed E-state index contributed by atoms with van der Waals surface area (Å²) in [6.45, 7) is 0.698. The van der Waals surface area contributed by atoms with Crippen LogP contribution in [0.25, 0.3) is 0 Å². The van der Waals surface area contributed by atoms with E-state index in [1.807, 2.05) is 23.1 Å². The van der Waals surface area contributed by atoms with Gasteiger partial charge in [0.2, 0.25) is 5.91 Å². The Kier molecular flexibility index (Phi) is 3.69. The first-order chi connectivity index (χ1) is 10.2. The number of halogens is 1. The Bertz CT molecular complexity index is 641. The number of carbonyl (C=O) groups is 1. The number of anilines is 1. The molecule has 2 aliphatic rings. The van der Waals surface area contributed by atoms with Crippen molar-refractivity contribution in [1.29, 1.82) is 0 Å². The lowest BCUT2D eigenvalue weighted by atomic mass is 10.0. The number of terminal acetylenes is 1. The van der Waals surface area contributed by atoms with E-state index in [-0.39, 0.29) is 11.6 Å². The van der Waals surface area contributed by atoms with Crippen LogP contribution < -0.4 is 4.90 Å². The van der Waals surface area contributed by atoms with Crippen molar-refractivity contribution in [1.82, 2.24) is 0 Å². The number of rotatable bonds is 5. The van der Waals surface area contributed by atoms with E-state index >= 15 is 0 Å². The number of nitrogens with zero attached hydrogens (tertiary/aromatic N) is 3. The average molecular weight is 302 g/mol. The van der Waals surface area contributed by atoms with Gasteiger partial charge in [-0.1, -0.05) is 17.7 Å². The van der Waals surface area contributed by atoms with Crippen molar-refractivity contribution in [2.75, 3.05) is 11.4 Å². The van der Waals surface area contributed by atoms with Crippen LogP contribution in [-0.2, 0) is 11.2 Å². The van der Waals surface area contributed by atoms with Gasteiger partial charge in [-0.25, -0.2) is 0 Å². The highest BCUT2D eigenvalue weighted by atomic mass is 35.5. The highest BCUT2D eigenvalue weighted by molar-refractivity contribution is 6.32. The summed E-state index contributed by atoms with van der Waals surface area (Å²) in [6, 6.07) is 5.70. The number of fused-ring (bicyclic) bond motifs is 1. The summed E-state index contributed by atoms with van der Waals surface area (Å²) >= 11 is 6.17. The van der Waals surface area contributed by atoms with E-state index in [0.717, 1.165) is 29.1 Å². The molecule has 0 atom stereocenters. The largest absolute Gasteiger partial charge is 0.312 e. The topological polar surface area (TPSA) is 45.0 Å². The quantitative estimate of drug-likeness (QED) is 0.767. The van der Waals surface area contributed by atoms with Crippen LogP contribution in [0.5, 0.6) is 0 Å². The third kappa shape index (κ3) is 2.79. The molecule has 0 aliphatic carbocycles. The molecule has 1 aromatic rings. The SMILES string of the molecule is C#CCCC1(CCC(=O)N2CCc3c(Cl)cccc32)N=N1. The zero-order chi connectivity index (χ0) is 14.9. The first kappa shape index (κ1) is 14.1. The van der Waals surface area contributed by atoms with Crippen LogP contribution in [0.4, 0.5) is 5.69 Å². The van der Waals surface area contributed by atoms with Crippen LogP contribution in [0.1, 0.15) is 31.2 Å². The number of hydrogen-bond donors (Lipinski definition) is 0. The molecule has 1 aromatic carbocycles. The van der Waals surface area contributed by atoms with E-state index in [1.165, 1.54) is 0 Å². The molecule has 3 rings (SSSR count). The number of hydrogen-bond acceptors (Lipinski definition) is 3. The van der Waals surface area contributed by atoms with Gasteiger partial charge in [0.25, 0.3) is 0 Å². The summed E-state index contributed by atoms with van der Waals surface area (Å²) in [5.74, 6) is 2.70. The minimum Gasteiger partial charge on any atom is -0.312 e. The van der Waals surface area contributed by atoms with E-state index in [4.69, 9.17) is 18.0 Å². The molecule has 0 saturated heterocycles. The molecule has 108 valence electrons. The fraction of sp³-hybridized carbons (Fsp3) is 0.438. The molecule has 5 heteroatoms. The Hall–Kier alpha value is -1.86. The minimum atomic E-state index is -0.390. The van der Waals surface area contributed by atoms with Crippen LogP contribution in [0.15, 0.2) is 28.4 Å². The smallest absolute Gasteiger partial charge is 0.227 e. The molecule has 2 aliphatic heterocycles. The number of carbonyl (C=O) groups excluding carboxylic acids is 1. The zero-order valence-corrected chi connectivity index (χ0v) is 12.4. The van der Waals surface area contributed by atoms with Crippen molar-refractivity contribution in [3.05, 3.63) is 28.8 Å². The van der Waals surface area contributed by atoms with Gasteiger partial charge in [-0.3, -0.25) is 4.79 Å². The van der Waals surface area contributed by atoms with Crippen molar-refractivity contribution in [3.63, 3.8) is 0 Å². The number of benzene rings is 1. The maximum Gasteiger partial charge on any atom is 0.227 e. The predicted octanol–water partition coefficient (Wildman–Crippen LogP) is 3.58. The molecule has 0 bridgehead atoms. The summed E-state index contributed by atoms with van der Waals surface area (Å²) in [5.41, 5.74) is 1.61. The third-order valence-electron chi connectivity index (χ3n) is 4.06. The first-order valence-electron chi connectivity index (χ1n) is 7.10. The fourth-order valence-electron chi connectivity index (χ4n) is 2.76. The summed E-state index contributed by atoms with van der Waals surface area (Å²) in [7, 11) is 0. The average Bonchev–Trinajstić information content (AvgIpc) is 3.12. The lowest BCUT2D eigenvalue weighted by Crippen LogP contribution is -2.30. The minimum absolute atomic E-state index is 0.105. The van der Waals surface area contributed by atoms with Crippen LogP contribution >= 0.6 is 11.6 Å². The molecule has 0 N–H and O–H groups in total. The molecule has 0 unspecified atom stereocenters. The van der Waals surface area contributed by atoms with Crippen LogP contribution in [-0.4, -0.2) is 18.1 Å². The molecule has 4 nitrogen and oxygen atoms in total. The van der Waals surface area contributed by atoms with E-state index in [1.54, 1.807) is 0 Å². The molecule has 0 radical (unpaired) electrons. The van der Waals surface area contributed by atoms with E-state index in [0.29, 0.717) is 25.8 Å². The van der Waals surface area contributed by atoms with Crippen LogP contribution in [0, 0.1) is 12.3 Å². The normalized spacial score (nSPS) is 17.4. The highest BCUT2D eigenvalue weighted by Gasteiger charge is 2.40. The van der Waals surface area contributed by atoms with Gasteiger partial charge in [0, 0.05) is 42.9 Å². The van der Waals surface area contributed by atoms with Crippen molar-refractivity contribution in [2.24, 2.45) is 10.2 Å². The molecule has 21 heavy (non-hydrogen) atoms. The maximum atomic E-state index is 12.4. The molecule has 2 heterocycles. The summed E-state index contributed by atoms with van der Waals surface area (Å²) in [6.07, 6.45) is 8.53. The monoisotopic (exact) mass is 301 g/mol. The Morgan fingerprint density at radius 2 is 2.24 bits per heavy atom. The highest BCUT2D eigenvalue weighted by Crippen LogP contribution is 2.39. The molecule has 0 aromatic heterocycles. The maximum absolute atomic E-state index is 12.4. The number of amides is 1. The molecule has 1 amide bonds. The standard InChI is InChI=1S/C16H16ClN3O/c1-2-3-9-16(18-19-16)10-7-15(21)20-11-8-12-13(17)5-4-6-14(12)20/h1,4-6H,3,7-11H2. The van der Waals surface area contributed by atoms with Gasteiger partial charge in [0.05, 0.1) is 0 Å². The second kappa shape index (κ2) is 5.50. The van der Waals surface area contributed by atoms with Gasteiger partial charge < -0.3 is 4.90 Å². The Labute approximate surface area is 129 Å². The van der Waals surface area contributed by atoms with E-state index in [9.17, 15) is 4.79 Å². The molecular weight excluding hydrogens is 286 g/mol. The fourth-order valence-corrected chi connectivity index (χ4v) is 3.02. The lowest BCUT2D eigenvalue weighted by Gasteiger charge is -2.18. The molecular formula is C16H16ClN3O. The van der Waals surface area contributed by atoms with Crippen molar-refractivity contribution in [2.45, 2.75) is 37.8 Å². The summed E-state index contributed by atoms with van der Waals surface area (Å²) < 4.78 is 0. The summed E-state index contributed by atoms with van der Waals surface area (Å²) in [5, 5.41) is 8.87. The van der Waals surface area contributed by atoms with Crippen molar-refractivity contribution < 1.29 is 4.79 Å². The van der Waals surface area contributed by atoms with Gasteiger partial charge in [-0.05, 0) is 24.1 Å². The van der Waals surface area contributed by atoms with Gasteiger partial charge in [0.1, 0.15) is 0 Å². The lowest BCUT2D eigenvalue weighted by molar-refractivity contribution is -0.118. The second-order valence-electron chi connectivity index (χ2n) is 5.42. The van der Waals surface area contributed by atoms with Crippen molar-refractivity contribution >= 4 is 23.2 Å². The third-order valence-corrected chi connectivity index (χ3v) is 4.42. The second-order valence-corrected chi connectivity index (χ2v) is 5.83. The molecule has 0 saturated carbocycles.